The first kappa shape index (κ1) is 22.0. The fourth-order valence-corrected chi connectivity index (χ4v) is 3.96. The highest BCUT2D eigenvalue weighted by atomic mass is 19.4. The zero-order chi connectivity index (χ0) is 22.7. The number of anilines is 1. The van der Waals surface area contributed by atoms with Crippen molar-refractivity contribution in [2.45, 2.75) is 38.3 Å². The Bertz CT molecular complexity index is 1090. The molecule has 0 unspecified atom stereocenters. The normalized spacial score (nSPS) is 13.1. The summed E-state index contributed by atoms with van der Waals surface area (Å²) >= 11 is 0. The summed E-state index contributed by atoms with van der Waals surface area (Å²) in [6, 6.07) is 14.1. The van der Waals surface area contributed by atoms with Crippen molar-refractivity contribution in [3.8, 4) is 0 Å². The number of nitrogens with zero attached hydrogens (tertiary/aromatic N) is 2. The number of carbonyl (C=O) groups excluding carboxylic acids is 1. The van der Waals surface area contributed by atoms with Crippen LogP contribution in [0.3, 0.4) is 0 Å². The van der Waals surface area contributed by atoms with E-state index in [1.807, 2.05) is 18.2 Å². The molecule has 0 aliphatic heterocycles. The predicted molar refractivity (Wildman–Crippen MR) is 114 cm³/mol. The Morgan fingerprint density at radius 1 is 0.969 bits per heavy atom. The zero-order valence-electron chi connectivity index (χ0n) is 17.3. The third-order valence-electron chi connectivity index (χ3n) is 5.71. The summed E-state index contributed by atoms with van der Waals surface area (Å²) in [4.78, 5) is 18.7. The van der Waals surface area contributed by atoms with E-state index in [2.05, 4.69) is 4.98 Å². The summed E-state index contributed by atoms with van der Waals surface area (Å²) in [5.41, 5.74) is 3.61. The number of fused-ring (bicyclic) bond motifs is 1. The lowest BCUT2D eigenvalue weighted by atomic mass is 10.1. The molecule has 4 rings (SSSR count). The Morgan fingerprint density at radius 3 is 2.41 bits per heavy atom. The molecule has 0 radical (unpaired) electrons. The number of rotatable bonds is 6. The van der Waals surface area contributed by atoms with Crippen molar-refractivity contribution in [2.75, 3.05) is 11.4 Å². The van der Waals surface area contributed by atoms with Crippen LogP contribution < -0.4 is 4.90 Å². The summed E-state index contributed by atoms with van der Waals surface area (Å²) in [7, 11) is 0. The molecule has 0 spiro atoms. The summed E-state index contributed by atoms with van der Waals surface area (Å²) in [6.45, 7) is 0.275. The van der Waals surface area contributed by atoms with Gasteiger partial charge in [-0.1, -0.05) is 18.2 Å². The van der Waals surface area contributed by atoms with Crippen LogP contribution in [0.2, 0.25) is 0 Å². The lowest BCUT2D eigenvalue weighted by Gasteiger charge is -2.24. The molecule has 0 saturated heterocycles. The maximum atomic E-state index is 13.2. The van der Waals surface area contributed by atoms with Crippen LogP contribution in [0.4, 0.5) is 23.2 Å². The van der Waals surface area contributed by atoms with Crippen LogP contribution >= 0.6 is 0 Å². The van der Waals surface area contributed by atoms with Gasteiger partial charge in [-0.3, -0.25) is 9.78 Å². The molecule has 1 heterocycles. The Kier molecular flexibility index (Phi) is 6.26. The minimum atomic E-state index is -4.44. The van der Waals surface area contributed by atoms with Gasteiger partial charge in [-0.15, -0.1) is 0 Å². The summed E-state index contributed by atoms with van der Waals surface area (Å²) in [5.74, 6) is -0.536. The van der Waals surface area contributed by atoms with Crippen molar-refractivity contribution in [3.05, 3.63) is 94.6 Å². The van der Waals surface area contributed by atoms with E-state index in [0.29, 0.717) is 17.7 Å². The Morgan fingerprint density at radius 2 is 1.72 bits per heavy atom. The number of hydrogen-bond acceptors (Lipinski definition) is 2. The lowest BCUT2D eigenvalue weighted by molar-refractivity contribution is -0.137. The molecule has 1 aliphatic rings. The average molecular weight is 442 g/mol. The van der Waals surface area contributed by atoms with Gasteiger partial charge in [-0.25, -0.2) is 4.39 Å². The van der Waals surface area contributed by atoms with E-state index in [-0.39, 0.29) is 24.7 Å². The second kappa shape index (κ2) is 9.10. The van der Waals surface area contributed by atoms with E-state index in [1.165, 1.54) is 29.3 Å². The molecule has 32 heavy (non-hydrogen) atoms. The quantitative estimate of drug-likeness (QED) is 0.469. The number of halogens is 4. The van der Waals surface area contributed by atoms with E-state index < -0.39 is 11.7 Å². The average Bonchev–Trinajstić information content (AvgIpc) is 3.23. The molecular weight excluding hydrogens is 420 g/mol. The molecule has 0 saturated carbocycles. The topological polar surface area (TPSA) is 33.2 Å². The van der Waals surface area contributed by atoms with Crippen molar-refractivity contribution in [1.82, 2.24) is 4.98 Å². The van der Waals surface area contributed by atoms with Crippen LogP contribution in [0.15, 0.2) is 60.8 Å². The standard InChI is InChI=1S/C25H22F4N2O/c26-21-8-4-17(5-9-21)14-24(32)31(23-11-6-18-2-1-3-19(18)15-23)13-12-22-10-7-20(16-30-22)25(27,28)29/h4-11,15-16H,1-3,12-14H2. The molecule has 166 valence electrons. The second-order valence-corrected chi connectivity index (χ2v) is 7.94. The van der Waals surface area contributed by atoms with Crippen LogP contribution in [-0.4, -0.2) is 17.4 Å². The van der Waals surface area contributed by atoms with E-state index in [9.17, 15) is 22.4 Å². The maximum Gasteiger partial charge on any atom is 0.417 e. The van der Waals surface area contributed by atoms with Gasteiger partial charge in [0.1, 0.15) is 5.82 Å². The zero-order valence-corrected chi connectivity index (χ0v) is 17.3. The first-order chi connectivity index (χ1) is 15.3. The molecule has 0 fully saturated rings. The van der Waals surface area contributed by atoms with Gasteiger partial charge in [0.25, 0.3) is 0 Å². The van der Waals surface area contributed by atoms with Gasteiger partial charge in [0.2, 0.25) is 5.91 Å². The third kappa shape index (κ3) is 5.15. The highest BCUT2D eigenvalue weighted by Crippen LogP contribution is 2.29. The number of hydrogen-bond donors (Lipinski definition) is 0. The number of amides is 1. The minimum absolute atomic E-state index is 0.0950. The fourth-order valence-electron chi connectivity index (χ4n) is 3.96. The highest BCUT2D eigenvalue weighted by Gasteiger charge is 2.30. The second-order valence-electron chi connectivity index (χ2n) is 7.94. The molecule has 0 atom stereocenters. The Hall–Kier alpha value is -3.22. The van der Waals surface area contributed by atoms with Crippen LogP contribution in [-0.2, 0) is 36.7 Å². The Balaban J connectivity index is 1.54. The van der Waals surface area contributed by atoms with Gasteiger partial charge in [-0.05, 0) is 72.4 Å². The summed E-state index contributed by atoms with van der Waals surface area (Å²) in [6.07, 6.45) is -0.152. The summed E-state index contributed by atoms with van der Waals surface area (Å²) < 4.78 is 51.6. The first-order valence-electron chi connectivity index (χ1n) is 10.5. The molecule has 1 aliphatic carbocycles. The fraction of sp³-hybridized carbons (Fsp3) is 0.280. The molecule has 0 N–H and O–H groups in total. The van der Waals surface area contributed by atoms with E-state index in [4.69, 9.17) is 0 Å². The molecular formula is C25H22F4N2O. The molecule has 3 nitrogen and oxygen atoms in total. The maximum absolute atomic E-state index is 13.2. The van der Waals surface area contributed by atoms with Crippen LogP contribution in [0, 0.1) is 5.82 Å². The number of alkyl halides is 3. The van der Waals surface area contributed by atoms with Gasteiger partial charge >= 0.3 is 6.18 Å². The molecule has 1 amide bonds. The van der Waals surface area contributed by atoms with Crippen molar-refractivity contribution in [1.29, 1.82) is 0 Å². The van der Waals surface area contributed by atoms with Crippen molar-refractivity contribution >= 4 is 11.6 Å². The van der Waals surface area contributed by atoms with Crippen molar-refractivity contribution in [3.63, 3.8) is 0 Å². The Labute approximate surface area is 183 Å². The van der Waals surface area contributed by atoms with Gasteiger partial charge in [0.15, 0.2) is 0 Å². The van der Waals surface area contributed by atoms with Gasteiger partial charge < -0.3 is 4.90 Å². The van der Waals surface area contributed by atoms with Gasteiger partial charge in [0.05, 0.1) is 12.0 Å². The number of benzene rings is 2. The van der Waals surface area contributed by atoms with E-state index in [0.717, 1.165) is 37.2 Å². The van der Waals surface area contributed by atoms with Crippen molar-refractivity contribution < 1.29 is 22.4 Å². The number of carbonyl (C=O) groups is 1. The van der Waals surface area contributed by atoms with Gasteiger partial charge in [0, 0.05) is 30.5 Å². The predicted octanol–water partition coefficient (Wildman–Crippen LogP) is 5.55. The lowest BCUT2D eigenvalue weighted by Crippen LogP contribution is -2.34. The minimum Gasteiger partial charge on any atom is -0.312 e. The number of aromatic nitrogens is 1. The summed E-state index contributed by atoms with van der Waals surface area (Å²) in [5, 5.41) is 0. The molecule has 2 aromatic carbocycles. The number of aryl methyl sites for hydroxylation is 2. The largest absolute Gasteiger partial charge is 0.417 e. The molecule has 0 bridgehead atoms. The van der Waals surface area contributed by atoms with Crippen molar-refractivity contribution in [2.24, 2.45) is 0 Å². The third-order valence-corrected chi connectivity index (χ3v) is 5.71. The van der Waals surface area contributed by atoms with E-state index >= 15 is 0 Å². The molecule has 1 aromatic heterocycles. The van der Waals surface area contributed by atoms with Crippen LogP contribution in [0.1, 0.15) is 34.4 Å². The number of pyridine rings is 1. The molecule has 3 aromatic rings. The molecule has 7 heteroatoms. The van der Waals surface area contributed by atoms with Crippen LogP contribution in [0.5, 0.6) is 0 Å². The smallest absolute Gasteiger partial charge is 0.312 e. The first-order valence-corrected chi connectivity index (χ1v) is 10.5. The monoisotopic (exact) mass is 442 g/mol. The SMILES string of the molecule is O=C(Cc1ccc(F)cc1)N(CCc1ccc(C(F)(F)F)cn1)c1ccc2c(c1)CCC2. The highest BCUT2D eigenvalue weighted by molar-refractivity contribution is 5.95. The van der Waals surface area contributed by atoms with Crippen LogP contribution in [0.25, 0.3) is 0 Å². The van der Waals surface area contributed by atoms with E-state index in [1.54, 1.807) is 17.0 Å². The van der Waals surface area contributed by atoms with Gasteiger partial charge in [-0.2, -0.15) is 13.2 Å².